The molecule has 0 saturated carbocycles. The van der Waals surface area contributed by atoms with Crippen molar-refractivity contribution in [3.05, 3.63) is 17.7 Å². The van der Waals surface area contributed by atoms with Gasteiger partial charge in [0.1, 0.15) is 11.3 Å². The number of esters is 1. The lowest BCUT2D eigenvalue weighted by molar-refractivity contribution is -0.118. The number of anilines is 1. The van der Waals surface area contributed by atoms with Gasteiger partial charge in [0, 0.05) is 13.1 Å². The van der Waals surface area contributed by atoms with Crippen molar-refractivity contribution in [3.63, 3.8) is 0 Å². The molecule has 0 spiro atoms. The van der Waals surface area contributed by atoms with Crippen LogP contribution in [0.2, 0.25) is 0 Å². The van der Waals surface area contributed by atoms with Crippen LogP contribution in [-0.4, -0.2) is 50.7 Å². The van der Waals surface area contributed by atoms with E-state index in [9.17, 15) is 9.59 Å². The van der Waals surface area contributed by atoms with Gasteiger partial charge in [-0.05, 0) is 12.1 Å². The van der Waals surface area contributed by atoms with Gasteiger partial charge in [-0.3, -0.25) is 9.69 Å². The van der Waals surface area contributed by atoms with Crippen LogP contribution in [0.4, 0.5) is 5.13 Å². The number of nitrogens with zero attached hydrogens (tertiary/aromatic N) is 2. The number of fused-ring (bicyclic) bond motifs is 1. The first kappa shape index (κ1) is 14.7. The Hall–Kier alpha value is -2.19. The largest absolute Gasteiger partial charge is 0.494 e. The molecular weight excluding hydrogens is 306 g/mol. The Labute approximate surface area is 130 Å². The Morgan fingerprint density at radius 2 is 2.23 bits per heavy atom. The van der Waals surface area contributed by atoms with Crippen molar-refractivity contribution < 1.29 is 19.1 Å². The highest BCUT2D eigenvalue weighted by Gasteiger charge is 2.24. The SMILES string of the molecule is COC(=O)c1cc(OC)c2nc(N3CCNCC3=O)sc2c1. The van der Waals surface area contributed by atoms with Gasteiger partial charge < -0.3 is 14.8 Å². The fraction of sp³-hybridized carbons (Fsp3) is 0.357. The van der Waals surface area contributed by atoms with Crippen LogP contribution in [0.25, 0.3) is 10.2 Å². The minimum Gasteiger partial charge on any atom is -0.494 e. The summed E-state index contributed by atoms with van der Waals surface area (Å²) in [5, 5.41) is 3.63. The Balaban J connectivity index is 2.08. The first-order chi connectivity index (χ1) is 10.6. The van der Waals surface area contributed by atoms with Gasteiger partial charge in [-0.2, -0.15) is 0 Å². The van der Waals surface area contributed by atoms with E-state index < -0.39 is 5.97 Å². The summed E-state index contributed by atoms with van der Waals surface area (Å²) >= 11 is 1.36. The lowest BCUT2D eigenvalue weighted by Gasteiger charge is -2.24. The van der Waals surface area contributed by atoms with Crippen LogP contribution >= 0.6 is 11.3 Å². The van der Waals surface area contributed by atoms with Crippen molar-refractivity contribution in [2.75, 3.05) is 38.8 Å². The van der Waals surface area contributed by atoms with E-state index in [-0.39, 0.29) is 5.91 Å². The molecule has 1 N–H and O–H groups in total. The van der Waals surface area contributed by atoms with Gasteiger partial charge in [-0.1, -0.05) is 11.3 Å². The second-order valence-corrected chi connectivity index (χ2v) is 5.74. The smallest absolute Gasteiger partial charge is 0.338 e. The molecule has 1 aromatic heterocycles. The van der Waals surface area contributed by atoms with Crippen LogP contribution in [0, 0.1) is 0 Å². The maximum absolute atomic E-state index is 12.0. The highest BCUT2D eigenvalue weighted by atomic mass is 32.1. The summed E-state index contributed by atoms with van der Waals surface area (Å²) in [6.07, 6.45) is 0. The van der Waals surface area contributed by atoms with Crippen molar-refractivity contribution >= 4 is 38.6 Å². The third kappa shape index (κ3) is 2.51. The standard InChI is InChI=1S/C14H15N3O4S/c1-20-9-5-8(13(19)21-2)6-10-12(9)16-14(22-10)17-4-3-15-7-11(17)18/h5-6,15H,3-4,7H2,1-2H3. The van der Waals surface area contributed by atoms with Crippen LogP contribution in [0.15, 0.2) is 12.1 Å². The summed E-state index contributed by atoms with van der Waals surface area (Å²) in [5.74, 6) is 0.0360. The first-order valence-electron chi connectivity index (χ1n) is 6.72. The molecule has 2 aromatic rings. The van der Waals surface area contributed by atoms with E-state index in [4.69, 9.17) is 9.47 Å². The molecule has 3 rings (SSSR count). The molecule has 0 unspecified atom stereocenters. The van der Waals surface area contributed by atoms with E-state index in [1.165, 1.54) is 25.6 Å². The molecule has 1 aromatic carbocycles. The number of benzene rings is 1. The van der Waals surface area contributed by atoms with Gasteiger partial charge in [-0.15, -0.1) is 0 Å². The monoisotopic (exact) mass is 321 g/mol. The van der Waals surface area contributed by atoms with Crippen LogP contribution < -0.4 is 15.0 Å². The maximum atomic E-state index is 12.0. The van der Waals surface area contributed by atoms with Gasteiger partial charge in [-0.25, -0.2) is 9.78 Å². The molecule has 1 amide bonds. The summed E-state index contributed by atoms with van der Waals surface area (Å²) in [5.41, 5.74) is 1.04. The summed E-state index contributed by atoms with van der Waals surface area (Å²) < 4.78 is 10.8. The summed E-state index contributed by atoms with van der Waals surface area (Å²) in [7, 11) is 2.85. The number of hydrogen-bond donors (Lipinski definition) is 1. The molecule has 0 radical (unpaired) electrons. The first-order valence-corrected chi connectivity index (χ1v) is 7.53. The van der Waals surface area contributed by atoms with Crippen LogP contribution in [-0.2, 0) is 9.53 Å². The topological polar surface area (TPSA) is 80.8 Å². The third-order valence-corrected chi connectivity index (χ3v) is 4.44. The number of amides is 1. The van der Waals surface area contributed by atoms with E-state index in [0.717, 1.165) is 11.2 Å². The molecule has 1 saturated heterocycles. The Morgan fingerprint density at radius 1 is 1.41 bits per heavy atom. The van der Waals surface area contributed by atoms with Crippen LogP contribution in [0.3, 0.4) is 0 Å². The average molecular weight is 321 g/mol. The lowest BCUT2D eigenvalue weighted by Crippen LogP contribution is -2.48. The zero-order valence-electron chi connectivity index (χ0n) is 12.2. The number of ether oxygens (including phenoxy) is 2. The second-order valence-electron chi connectivity index (χ2n) is 4.74. The highest BCUT2D eigenvalue weighted by Crippen LogP contribution is 2.35. The predicted octanol–water partition coefficient (Wildman–Crippen LogP) is 1.03. The van der Waals surface area contributed by atoms with Gasteiger partial charge in [0.05, 0.1) is 31.0 Å². The Bertz CT molecular complexity index is 743. The summed E-state index contributed by atoms with van der Waals surface area (Å²) in [6.45, 7) is 1.61. The number of carbonyl (C=O) groups excluding carboxylic acids is 2. The number of thiazole rings is 1. The van der Waals surface area contributed by atoms with Crippen molar-refractivity contribution in [3.8, 4) is 5.75 Å². The summed E-state index contributed by atoms with van der Waals surface area (Å²) in [4.78, 5) is 29.8. The predicted molar refractivity (Wildman–Crippen MR) is 82.7 cm³/mol. The zero-order chi connectivity index (χ0) is 15.7. The number of rotatable bonds is 3. The van der Waals surface area contributed by atoms with E-state index in [0.29, 0.717) is 35.1 Å². The number of aromatic nitrogens is 1. The minimum absolute atomic E-state index is 0.0162. The van der Waals surface area contributed by atoms with E-state index in [1.54, 1.807) is 17.0 Å². The molecule has 0 bridgehead atoms. The molecular formula is C14H15N3O4S. The Morgan fingerprint density at radius 3 is 2.91 bits per heavy atom. The van der Waals surface area contributed by atoms with E-state index in [2.05, 4.69) is 10.3 Å². The molecule has 1 aliphatic rings. The molecule has 7 nitrogen and oxygen atoms in total. The lowest BCUT2D eigenvalue weighted by atomic mass is 10.2. The van der Waals surface area contributed by atoms with Crippen molar-refractivity contribution in [1.29, 1.82) is 0 Å². The zero-order valence-corrected chi connectivity index (χ0v) is 13.0. The number of piperazine rings is 1. The average Bonchev–Trinajstić information content (AvgIpc) is 2.97. The van der Waals surface area contributed by atoms with E-state index in [1.807, 2.05) is 0 Å². The molecule has 0 atom stereocenters. The second kappa shape index (κ2) is 5.90. The molecule has 116 valence electrons. The summed E-state index contributed by atoms with van der Waals surface area (Å²) in [6, 6.07) is 3.30. The number of methoxy groups -OCH3 is 2. The quantitative estimate of drug-likeness (QED) is 0.851. The fourth-order valence-electron chi connectivity index (χ4n) is 2.30. The molecule has 8 heteroatoms. The fourth-order valence-corrected chi connectivity index (χ4v) is 3.37. The highest BCUT2D eigenvalue weighted by molar-refractivity contribution is 7.22. The molecule has 1 fully saturated rings. The Kier molecular flexibility index (Phi) is 3.95. The van der Waals surface area contributed by atoms with Gasteiger partial charge >= 0.3 is 5.97 Å². The molecule has 1 aliphatic heterocycles. The molecule has 2 heterocycles. The van der Waals surface area contributed by atoms with E-state index >= 15 is 0 Å². The number of nitrogens with one attached hydrogen (secondary N) is 1. The van der Waals surface area contributed by atoms with Crippen molar-refractivity contribution in [1.82, 2.24) is 10.3 Å². The van der Waals surface area contributed by atoms with Gasteiger partial charge in [0.2, 0.25) is 5.91 Å². The normalized spacial score (nSPS) is 15.2. The van der Waals surface area contributed by atoms with Gasteiger partial charge in [0.15, 0.2) is 5.13 Å². The number of carbonyl (C=O) groups is 2. The van der Waals surface area contributed by atoms with Crippen molar-refractivity contribution in [2.24, 2.45) is 0 Å². The third-order valence-electron chi connectivity index (χ3n) is 3.41. The number of hydrogen-bond acceptors (Lipinski definition) is 7. The van der Waals surface area contributed by atoms with Crippen LogP contribution in [0.5, 0.6) is 5.75 Å². The molecule has 0 aliphatic carbocycles. The van der Waals surface area contributed by atoms with Crippen molar-refractivity contribution in [2.45, 2.75) is 0 Å². The van der Waals surface area contributed by atoms with Gasteiger partial charge in [0.25, 0.3) is 0 Å². The maximum Gasteiger partial charge on any atom is 0.338 e. The van der Waals surface area contributed by atoms with Crippen LogP contribution in [0.1, 0.15) is 10.4 Å². The molecule has 22 heavy (non-hydrogen) atoms. The minimum atomic E-state index is -0.437.